The lowest BCUT2D eigenvalue weighted by molar-refractivity contribution is -0.138. The fourth-order valence-corrected chi connectivity index (χ4v) is 3.65. The van der Waals surface area contributed by atoms with Gasteiger partial charge in [-0.25, -0.2) is 0 Å². The Balaban J connectivity index is 1.80. The summed E-state index contributed by atoms with van der Waals surface area (Å²) in [6.45, 7) is 8.41. The maximum atomic E-state index is 13.7. The average Bonchev–Trinajstić information content (AvgIpc) is 2.67. The van der Waals surface area contributed by atoms with Crippen molar-refractivity contribution < 1.29 is 18.0 Å². The second-order valence-corrected chi connectivity index (χ2v) is 8.19. The molecule has 30 heavy (non-hydrogen) atoms. The van der Waals surface area contributed by atoms with Crippen molar-refractivity contribution in [2.45, 2.75) is 39.5 Å². The van der Waals surface area contributed by atoms with Gasteiger partial charge < -0.3 is 10.2 Å². The number of rotatable bonds is 4. The van der Waals surface area contributed by atoms with Gasteiger partial charge in [0.1, 0.15) is 0 Å². The Hall–Kier alpha value is -2.38. The smallest absolute Gasteiger partial charge is 0.322 e. The van der Waals surface area contributed by atoms with Crippen LogP contribution in [-0.4, -0.2) is 48.4 Å². The highest BCUT2D eigenvalue weighted by Gasteiger charge is 2.34. The summed E-state index contributed by atoms with van der Waals surface area (Å²) in [5, 5.41) is 2.60. The number of carbonyl (C=O) groups excluding carboxylic acids is 1. The van der Waals surface area contributed by atoms with Crippen LogP contribution in [-0.2, 0) is 12.7 Å². The SMILES string of the molecule is Cc1ccc(C(=O)Nc2ccc(CN3CCN(C)[C@@H](C)C3)c(C(F)(F)F)c2)cc1C. The lowest BCUT2D eigenvalue weighted by Crippen LogP contribution is -2.49. The average molecular weight is 419 g/mol. The van der Waals surface area contributed by atoms with Gasteiger partial charge in [-0.1, -0.05) is 12.1 Å². The van der Waals surface area contributed by atoms with Crippen LogP contribution in [0.15, 0.2) is 36.4 Å². The normalized spacial score (nSPS) is 18.4. The molecule has 0 aromatic heterocycles. The maximum Gasteiger partial charge on any atom is 0.416 e. The molecule has 0 aliphatic carbocycles. The third-order valence-corrected chi connectivity index (χ3v) is 5.88. The van der Waals surface area contributed by atoms with E-state index in [0.29, 0.717) is 11.6 Å². The molecule has 1 aliphatic heterocycles. The number of benzene rings is 2. The Morgan fingerprint density at radius 1 is 1.10 bits per heavy atom. The van der Waals surface area contributed by atoms with Crippen LogP contribution in [0.2, 0.25) is 0 Å². The zero-order valence-corrected chi connectivity index (χ0v) is 17.8. The molecule has 162 valence electrons. The largest absolute Gasteiger partial charge is 0.416 e. The monoisotopic (exact) mass is 419 g/mol. The lowest BCUT2D eigenvalue weighted by Gasteiger charge is -2.38. The van der Waals surface area contributed by atoms with E-state index in [1.54, 1.807) is 18.2 Å². The number of hydrogen-bond acceptors (Lipinski definition) is 3. The molecule has 1 atom stereocenters. The first kappa shape index (κ1) is 22.3. The number of piperazine rings is 1. The molecule has 1 saturated heterocycles. The highest BCUT2D eigenvalue weighted by molar-refractivity contribution is 6.04. The van der Waals surface area contributed by atoms with Gasteiger partial charge in [-0.15, -0.1) is 0 Å². The third-order valence-electron chi connectivity index (χ3n) is 5.88. The molecule has 0 radical (unpaired) electrons. The summed E-state index contributed by atoms with van der Waals surface area (Å²) < 4.78 is 41.2. The molecule has 1 amide bonds. The zero-order valence-electron chi connectivity index (χ0n) is 17.8. The number of nitrogens with one attached hydrogen (secondary N) is 1. The van der Waals surface area contributed by atoms with E-state index in [1.807, 2.05) is 31.9 Å². The van der Waals surface area contributed by atoms with Gasteiger partial charge >= 0.3 is 6.18 Å². The molecule has 1 heterocycles. The van der Waals surface area contributed by atoms with Crippen LogP contribution in [0.3, 0.4) is 0 Å². The summed E-state index contributed by atoms with van der Waals surface area (Å²) in [7, 11) is 2.02. The molecule has 3 rings (SSSR count). The molecule has 2 aromatic rings. The fraction of sp³-hybridized carbons (Fsp3) is 0.435. The molecule has 2 aromatic carbocycles. The van der Waals surface area contributed by atoms with Crippen molar-refractivity contribution in [3.63, 3.8) is 0 Å². The second kappa shape index (κ2) is 8.78. The van der Waals surface area contributed by atoms with Gasteiger partial charge in [0.25, 0.3) is 5.91 Å². The van der Waals surface area contributed by atoms with E-state index in [0.717, 1.165) is 36.8 Å². The van der Waals surface area contributed by atoms with Gasteiger partial charge in [0, 0.05) is 43.5 Å². The van der Waals surface area contributed by atoms with Crippen LogP contribution in [0.5, 0.6) is 0 Å². The first-order chi connectivity index (χ1) is 14.0. The highest BCUT2D eigenvalue weighted by atomic mass is 19.4. The Bertz CT molecular complexity index is 926. The van der Waals surface area contributed by atoms with Crippen LogP contribution in [0.1, 0.15) is 39.5 Å². The van der Waals surface area contributed by atoms with Gasteiger partial charge in [0.15, 0.2) is 0 Å². The van der Waals surface area contributed by atoms with E-state index < -0.39 is 17.6 Å². The van der Waals surface area contributed by atoms with Crippen molar-refractivity contribution in [2.24, 2.45) is 0 Å². The summed E-state index contributed by atoms with van der Waals surface area (Å²) in [6, 6.07) is 9.58. The molecule has 0 saturated carbocycles. The van der Waals surface area contributed by atoms with Gasteiger partial charge in [-0.05, 0) is 68.8 Å². The van der Waals surface area contributed by atoms with E-state index in [1.165, 1.54) is 6.07 Å². The van der Waals surface area contributed by atoms with Crippen molar-refractivity contribution >= 4 is 11.6 Å². The van der Waals surface area contributed by atoms with E-state index >= 15 is 0 Å². The fourth-order valence-electron chi connectivity index (χ4n) is 3.65. The number of likely N-dealkylation sites (N-methyl/N-ethyl adjacent to an activating group) is 1. The number of carbonyl (C=O) groups is 1. The zero-order chi connectivity index (χ0) is 22.1. The minimum Gasteiger partial charge on any atom is -0.322 e. The minimum absolute atomic E-state index is 0.140. The molecule has 0 unspecified atom stereocenters. The van der Waals surface area contributed by atoms with Crippen molar-refractivity contribution in [1.82, 2.24) is 9.80 Å². The van der Waals surface area contributed by atoms with E-state index in [9.17, 15) is 18.0 Å². The Kier molecular flexibility index (Phi) is 6.53. The minimum atomic E-state index is -4.49. The molecular formula is C23H28F3N3O. The quantitative estimate of drug-likeness (QED) is 0.780. The molecule has 7 heteroatoms. The summed E-state index contributed by atoms with van der Waals surface area (Å²) >= 11 is 0. The first-order valence-corrected chi connectivity index (χ1v) is 10.1. The molecule has 1 fully saturated rings. The van der Waals surface area contributed by atoms with Gasteiger partial charge in [0.05, 0.1) is 5.56 Å². The van der Waals surface area contributed by atoms with Gasteiger partial charge in [-0.2, -0.15) is 13.2 Å². The number of nitrogens with zero attached hydrogens (tertiary/aromatic N) is 2. The number of amides is 1. The lowest BCUT2D eigenvalue weighted by atomic mass is 10.0. The van der Waals surface area contributed by atoms with Crippen LogP contribution in [0.4, 0.5) is 18.9 Å². The molecule has 1 aliphatic rings. The van der Waals surface area contributed by atoms with Crippen LogP contribution >= 0.6 is 0 Å². The van der Waals surface area contributed by atoms with E-state index in [4.69, 9.17) is 0 Å². The summed E-state index contributed by atoms with van der Waals surface area (Å²) in [5.41, 5.74) is 2.09. The molecule has 1 N–H and O–H groups in total. The van der Waals surface area contributed by atoms with Crippen LogP contribution < -0.4 is 5.32 Å². The van der Waals surface area contributed by atoms with Crippen LogP contribution in [0, 0.1) is 13.8 Å². The number of hydrogen-bond donors (Lipinski definition) is 1. The summed E-state index contributed by atoms with van der Waals surface area (Å²) in [4.78, 5) is 16.7. The van der Waals surface area contributed by atoms with Crippen molar-refractivity contribution in [2.75, 3.05) is 32.0 Å². The Morgan fingerprint density at radius 3 is 2.47 bits per heavy atom. The third kappa shape index (κ3) is 5.21. The number of alkyl halides is 3. The Morgan fingerprint density at radius 2 is 1.83 bits per heavy atom. The van der Waals surface area contributed by atoms with Gasteiger partial charge in [0.2, 0.25) is 0 Å². The number of halogens is 3. The van der Waals surface area contributed by atoms with Crippen molar-refractivity contribution in [3.05, 3.63) is 64.2 Å². The number of aryl methyl sites for hydroxylation is 2. The molecule has 0 bridgehead atoms. The first-order valence-electron chi connectivity index (χ1n) is 10.1. The highest BCUT2D eigenvalue weighted by Crippen LogP contribution is 2.35. The topological polar surface area (TPSA) is 35.6 Å². The standard InChI is InChI=1S/C23H28F3N3O/c1-15-5-6-18(11-16(15)2)22(30)27-20-8-7-19(21(12-20)23(24,25)26)14-29-10-9-28(4)17(3)13-29/h5-8,11-12,17H,9-10,13-14H2,1-4H3,(H,27,30)/t17-/m0/s1. The second-order valence-electron chi connectivity index (χ2n) is 8.19. The molecule has 4 nitrogen and oxygen atoms in total. The maximum absolute atomic E-state index is 13.7. The number of anilines is 1. The Labute approximate surface area is 175 Å². The predicted molar refractivity (Wildman–Crippen MR) is 113 cm³/mol. The van der Waals surface area contributed by atoms with E-state index in [2.05, 4.69) is 17.1 Å². The summed E-state index contributed by atoms with van der Waals surface area (Å²) in [5.74, 6) is -0.424. The van der Waals surface area contributed by atoms with E-state index in [-0.39, 0.29) is 17.8 Å². The molecule has 0 spiro atoms. The predicted octanol–water partition coefficient (Wildman–Crippen LogP) is 4.71. The van der Waals surface area contributed by atoms with Crippen molar-refractivity contribution in [1.29, 1.82) is 0 Å². The summed E-state index contributed by atoms with van der Waals surface area (Å²) in [6.07, 6.45) is -4.49. The van der Waals surface area contributed by atoms with Gasteiger partial charge in [-0.3, -0.25) is 9.69 Å². The van der Waals surface area contributed by atoms with Crippen molar-refractivity contribution in [3.8, 4) is 0 Å². The molecular weight excluding hydrogens is 391 g/mol. The van der Waals surface area contributed by atoms with Crippen LogP contribution in [0.25, 0.3) is 0 Å².